The third-order valence-corrected chi connectivity index (χ3v) is 4.98. The highest BCUT2D eigenvalue weighted by Gasteiger charge is 2.26. The van der Waals surface area contributed by atoms with E-state index in [1.54, 1.807) is 0 Å². The predicted molar refractivity (Wildman–Crippen MR) is 80.9 cm³/mol. The second-order valence-corrected chi connectivity index (χ2v) is 6.46. The van der Waals surface area contributed by atoms with E-state index >= 15 is 0 Å². The molecule has 1 saturated heterocycles. The van der Waals surface area contributed by atoms with Crippen molar-refractivity contribution in [2.45, 2.75) is 57.9 Å². The SMILES string of the molecule is CCC(C(=O)O)N1CCCN(CC2CCCCC2)CC1. The zero-order valence-corrected chi connectivity index (χ0v) is 12.9. The van der Waals surface area contributed by atoms with Crippen molar-refractivity contribution in [1.82, 2.24) is 9.80 Å². The van der Waals surface area contributed by atoms with Crippen molar-refractivity contribution in [2.24, 2.45) is 5.92 Å². The highest BCUT2D eigenvalue weighted by atomic mass is 16.4. The van der Waals surface area contributed by atoms with Gasteiger partial charge in [-0.05, 0) is 38.1 Å². The molecule has 0 bridgehead atoms. The molecule has 2 fully saturated rings. The smallest absolute Gasteiger partial charge is 0.320 e. The number of carbonyl (C=O) groups is 1. The first-order chi connectivity index (χ1) is 9.70. The van der Waals surface area contributed by atoms with Gasteiger partial charge in [0.15, 0.2) is 0 Å². The van der Waals surface area contributed by atoms with E-state index in [0.717, 1.165) is 38.5 Å². The zero-order valence-electron chi connectivity index (χ0n) is 12.9. The average Bonchev–Trinajstić information content (AvgIpc) is 2.66. The van der Waals surface area contributed by atoms with Crippen molar-refractivity contribution >= 4 is 5.97 Å². The van der Waals surface area contributed by atoms with E-state index in [9.17, 15) is 9.90 Å². The maximum absolute atomic E-state index is 11.3. The number of carboxylic acids is 1. The van der Waals surface area contributed by atoms with Gasteiger partial charge in [-0.1, -0.05) is 26.2 Å². The number of carboxylic acid groups (broad SMARTS) is 1. The van der Waals surface area contributed by atoms with Crippen LogP contribution >= 0.6 is 0 Å². The van der Waals surface area contributed by atoms with Gasteiger partial charge in [0.1, 0.15) is 6.04 Å². The average molecular weight is 282 g/mol. The van der Waals surface area contributed by atoms with Gasteiger partial charge >= 0.3 is 5.97 Å². The van der Waals surface area contributed by atoms with Crippen LogP contribution in [0.3, 0.4) is 0 Å². The predicted octanol–water partition coefficient (Wildman–Crippen LogP) is 2.44. The quantitative estimate of drug-likeness (QED) is 0.841. The number of hydrogen-bond donors (Lipinski definition) is 1. The summed E-state index contributed by atoms with van der Waals surface area (Å²) in [6.07, 6.45) is 8.83. The van der Waals surface area contributed by atoms with Gasteiger partial charge in [-0.15, -0.1) is 0 Å². The van der Waals surface area contributed by atoms with Crippen LogP contribution in [0.2, 0.25) is 0 Å². The van der Waals surface area contributed by atoms with Crippen LogP contribution < -0.4 is 0 Å². The molecule has 1 aliphatic carbocycles. The Morgan fingerprint density at radius 1 is 1.10 bits per heavy atom. The molecular weight excluding hydrogens is 252 g/mol. The van der Waals surface area contributed by atoms with Crippen molar-refractivity contribution in [3.8, 4) is 0 Å². The number of hydrogen-bond acceptors (Lipinski definition) is 3. The Hall–Kier alpha value is -0.610. The van der Waals surface area contributed by atoms with E-state index in [1.165, 1.54) is 38.6 Å². The minimum Gasteiger partial charge on any atom is -0.480 e. The lowest BCUT2D eigenvalue weighted by atomic mass is 9.89. The molecule has 1 N–H and O–H groups in total. The first kappa shape index (κ1) is 15.8. The van der Waals surface area contributed by atoms with E-state index in [2.05, 4.69) is 9.80 Å². The third kappa shape index (κ3) is 4.45. The standard InChI is InChI=1S/C16H30N2O2/c1-2-15(16(19)20)18-10-6-9-17(11-12-18)13-14-7-4-3-5-8-14/h14-15H,2-13H2,1H3,(H,19,20). The van der Waals surface area contributed by atoms with Gasteiger partial charge in [0.05, 0.1) is 0 Å². The number of nitrogens with zero attached hydrogens (tertiary/aromatic N) is 2. The topological polar surface area (TPSA) is 43.8 Å². The molecule has 1 aliphatic heterocycles. The Morgan fingerprint density at radius 3 is 2.50 bits per heavy atom. The molecule has 1 heterocycles. The molecular formula is C16H30N2O2. The van der Waals surface area contributed by atoms with Crippen LogP contribution in [0.5, 0.6) is 0 Å². The molecule has 116 valence electrons. The van der Waals surface area contributed by atoms with Crippen molar-refractivity contribution in [1.29, 1.82) is 0 Å². The second kappa shape index (κ2) is 7.99. The molecule has 0 aromatic rings. The molecule has 4 nitrogen and oxygen atoms in total. The molecule has 0 amide bonds. The molecule has 1 atom stereocenters. The third-order valence-electron chi connectivity index (χ3n) is 4.98. The fraction of sp³-hybridized carbons (Fsp3) is 0.938. The summed E-state index contributed by atoms with van der Waals surface area (Å²) < 4.78 is 0. The number of rotatable bonds is 5. The maximum atomic E-state index is 11.3. The van der Waals surface area contributed by atoms with Gasteiger partial charge in [0.25, 0.3) is 0 Å². The van der Waals surface area contributed by atoms with Crippen LogP contribution in [0.4, 0.5) is 0 Å². The lowest BCUT2D eigenvalue weighted by molar-refractivity contribution is -0.143. The summed E-state index contributed by atoms with van der Waals surface area (Å²) >= 11 is 0. The first-order valence-electron chi connectivity index (χ1n) is 8.40. The Labute approximate surface area is 123 Å². The first-order valence-corrected chi connectivity index (χ1v) is 8.40. The van der Waals surface area contributed by atoms with Crippen LogP contribution in [0, 0.1) is 5.92 Å². The van der Waals surface area contributed by atoms with Crippen molar-refractivity contribution in [3.63, 3.8) is 0 Å². The van der Waals surface area contributed by atoms with Crippen LogP contribution in [-0.4, -0.2) is 59.6 Å². The van der Waals surface area contributed by atoms with E-state index in [4.69, 9.17) is 0 Å². The van der Waals surface area contributed by atoms with Gasteiger partial charge < -0.3 is 10.0 Å². The molecule has 2 aliphatic rings. The molecule has 1 unspecified atom stereocenters. The van der Waals surface area contributed by atoms with E-state index in [1.807, 2.05) is 6.92 Å². The highest BCUT2D eigenvalue weighted by Crippen LogP contribution is 2.24. The van der Waals surface area contributed by atoms with Gasteiger partial charge in [-0.2, -0.15) is 0 Å². The lowest BCUT2D eigenvalue weighted by Gasteiger charge is -2.29. The molecule has 0 spiro atoms. The molecule has 0 aromatic heterocycles. The summed E-state index contributed by atoms with van der Waals surface area (Å²) in [5, 5.41) is 9.29. The summed E-state index contributed by atoms with van der Waals surface area (Å²) in [7, 11) is 0. The van der Waals surface area contributed by atoms with Crippen molar-refractivity contribution in [3.05, 3.63) is 0 Å². The molecule has 2 rings (SSSR count). The van der Waals surface area contributed by atoms with Gasteiger partial charge in [0, 0.05) is 26.2 Å². The fourth-order valence-corrected chi connectivity index (χ4v) is 3.81. The molecule has 4 heteroatoms. The van der Waals surface area contributed by atoms with Gasteiger partial charge in [-0.25, -0.2) is 0 Å². The maximum Gasteiger partial charge on any atom is 0.320 e. The van der Waals surface area contributed by atoms with Gasteiger partial charge in [-0.3, -0.25) is 9.69 Å². The lowest BCUT2D eigenvalue weighted by Crippen LogP contribution is -2.43. The Kier molecular flexibility index (Phi) is 6.30. The summed E-state index contributed by atoms with van der Waals surface area (Å²) in [6.45, 7) is 7.24. The minimum absolute atomic E-state index is 0.287. The van der Waals surface area contributed by atoms with E-state index < -0.39 is 5.97 Å². The summed E-state index contributed by atoms with van der Waals surface area (Å²) in [5.41, 5.74) is 0. The summed E-state index contributed by atoms with van der Waals surface area (Å²) in [5.74, 6) is 0.227. The second-order valence-electron chi connectivity index (χ2n) is 6.46. The molecule has 0 radical (unpaired) electrons. The normalized spacial score (nSPS) is 25.2. The van der Waals surface area contributed by atoms with Crippen LogP contribution in [-0.2, 0) is 4.79 Å². The van der Waals surface area contributed by atoms with Gasteiger partial charge in [0.2, 0.25) is 0 Å². The Balaban J connectivity index is 1.80. The van der Waals surface area contributed by atoms with E-state index in [-0.39, 0.29) is 6.04 Å². The van der Waals surface area contributed by atoms with Crippen LogP contribution in [0.1, 0.15) is 51.9 Å². The molecule has 20 heavy (non-hydrogen) atoms. The zero-order chi connectivity index (χ0) is 14.4. The summed E-state index contributed by atoms with van der Waals surface area (Å²) in [6, 6.07) is -0.287. The van der Waals surface area contributed by atoms with Crippen molar-refractivity contribution < 1.29 is 9.90 Å². The van der Waals surface area contributed by atoms with E-state index in [0.29, 0.717) is 6.42 Å². The van der Waals surface area contributed by atoms with Crippen LogP contribution in [0.15, 0.2) is 0 Å². The Bertz CT molecular complexity index is 303. The monoisotopic (exact) mass is 282 g/mol. The fourth-order valence-electron chi connectivity index (χ4n) is 3.81. The summed E-state index contributed by atoms with van der Waals surface area (Å²) in [4.78, 5) is 16.0. The highest BCUT2D eigenvalue weighted by molar-refractivity contribution is 5.73. The van der Waals surface area contributed by atoms with Crippen LogP contribution in [0.25, 0.3) is 0 Å². The largest absolute Gasteiger partial charge is 0.480 e. The molecule has 0 aromatic carbocycles. The Morgan fingerprint density at radius 2 is 1.85 bits per heavy atom. The van der Waals surface area contributed by atoms with Crippen molar-refractivity contribution in [2.75, 3.05) is 32.7 Å². The molecule has 1 saturated carbocycles. The minimum atomic E-state index is -0.659. The number of aliphatic carboxylic acids is 1.